The molecule has 0 aromatic rings. The van der Waals surface area contributed by atoms with Crippen LogP contribution in [-0.4, -0.2) is 10.5 Å². The predicted molar refractivity (Wildman–Crippen MR) is 46.4 cm³/mol. The maximum Gasteiger partial charge on any atom is 0.0164 e. The molecule has 0 N–H and O–H groups in total. The molecule has 2 bridgehead atoms. The number of hydrogen-bond donors (Lipinski definition) is 2. The number of hydrogen-bond acceptors (Lipinski definition) is 2. The molecular weight excluding hydrogens is 148 g/mol. The van der Waals surface area contributed by atoms with Crippen LogP contribution in [0.1, 0.15) is 19.3 Å². The lowest BCUT2D eigenvalue weighted by Crippen LogP contribution is -2.22. The monoisotopic (exact) mass is 160 g/mol. The molecule has 0 aliphatic heterocycles. The van der Waals surface area contributed by atoms with Crippen molar-refractivity contribution in [1.29, 1.82) is 0 Å². The van der Waals surface area contributed by atoms with E-state index in [2.05, 4.69) is 25.3 Å². The van der Waals surface area contributed by atoms with Crippen molar-refractivity contribution in [2.75, 3.05) is 0 Å². The van der Waals surface area contributed by atoms with Gasteiger partial charge < -0.3 is 0 Å². The van der Waals surface area contributed by atoms with E-state index in [4.69, 9.17) is 0 Å². The van der Waals surface area contributed by atoms with Crippen molar-refractivity contribution in [2.45, 2.75) is 29.8 Å². The zero-order valence-electron chi connectivity index (χ0n) is 5.33. The molecule has 2 aliphatic rings. The van der Waals surface area contributed by atoms with Gasteiger partial charge in [-0.15, -0.1) is 0 Å². The highest BCUT2D eigenvalue weighted by molar-refractivity contribution is 7.85. The maximum absolute atomic E-state index is 4.52. The molecule has 2 rings (SSSR count). The molecule has 2 fully saturated rings. The van der Waals surface area contributed by atoms with E-state index in [-0.39, 0.29) is 0 Å². The first kappa shape index (κ1) is 6.41. The number of thiol groups is 2. The third kappa shape index (κ3) is 0.829. The van der Waals surface area contributed by atoms with Crippen LogP contribution in [0.2, 0.25) is 0 Å². The summed E-state index contributed by atoms with van der Waals surface area (Å²) in [6.45, 7) is 0. The van der Waals surface area contributed by atoms with Crippen LogP contribution in [-0.2, 0) is 0 Å². The molecule has 0 saturated heterocycles. The molecule has 2 heteroatoms. The quantitative estimate of drug-likeness (QED) is 0.498. The average Bonchev–Trinajstić information content (AvgIpc) is 2.37. The second kappa shape index (κ2) is 2.09. The lowest BCUT2D eigenvalue weighted by atomic mass is 10.00. The van der Waals surface area contributed by atoms with Gasteiger partial charge in [-0.25, -0.2) is 0 Å². The van der Waals surface area contributed by atoms with Gasteiger partial charge in [0.25, 0.3) is 0 Å². The minimum absolute atomic E-state index is 0.604. The van der Waals surface area contributed by atoms with Gasteiger partial charge in [-0.2, -0.15) is 25.3 Å². The predicted octanol–water partition coefficient (Wildman–Crippen LogP) is 2.01. The first-order chi connectivity index (χ1) is 4.29. The molecular formula is C7H12S2. The molecule has 0 spiro atoms. The highest BCUT2D eigenvalue weighted by Gasteiger charge is 2.43. The van der Waals surface area contributed by atoms with Gasteiger partial charge in [0.1, 0.15) is 0 Å². The average molecular weight is 160 g/mol. The fourth-order valence-corrected chi connectivity index (χ4v) is 3.26. The fraction of sp³-hybridized carbons (Fsp3) is 1.00. The first-order valence-corrected chi connectivity index (χ1v) is 4.68. The van der Waals surface area contributed by atoms with Crippen molar-refractivity contribution in [3.63, 3.8) is 0 Å². The summed E-state index contributed by atoms with van der Waals surface area (Å²) in [5, 5.41) is 1.21. The summed E-state index contributed by atoms with van der Waals surface area (Å²) in [6, 6.07) is 0. The van der Waals surface area contributed by atoms with Crippen LogP contribution in [0.15, 0.2) is 0 Å². The molecule has 0 radical (unpaired) electrons. The minimum Gasteiger partial charge on any atom is -0.174 e. The highest BCUT2D eigenvalue weighted by atomic mass is 32.1. The largest absolute Gasteiger partial charge is 0.174 e. The Bertz CT molecular complexity index is 106. The van der Waals surface area contributed by atoms with Gasteiger partial charge in [0.05, 0.1) is 0 Å². The maximum atomic E-state index is 4.52. The van der Waals surface area contributed by atoms with E-state index >= 15 is 0 Å². The summed E-state index contributed by atoms with van der Waals surface area (Å²) in [6.07, 6.45) is 4.23. The molecule has 52 valence electrons. The molecule has 0 aromatic heterocycles. The van der Waals surface area contributed by atoms with Crippen molar-refractivity contribution in [1.82, 2.24) is 0 Å². The van der Waals surface area contributed by atoms with Gasteiger partial charge in [-0.05, 0) is 31.1 Å². The Morgan fingerprint density at radius 1 is 0.889 bits per heavy atom. The highest BCUT2D eigenvalue weighted by Crippen LogP contribution is 2.49. The normalized spacial score (nSPS) is 56.7. The van der Waals surface area contributed by atoms with Crippen molar-refractivity contribution >= 4 is 25.3 Å². The van der Waals surface area contributed by atoms with E-state index < -0.39 is 0 Å². The van der Waals surface area contributed by atoms with Crippen LogP contribution >= 0.6 is 25.3 Å². The zero-order valence-corrected chi connectivity index (χ0v) is 7.11. The van der Waals surface area contributed by atoms with Crippen molar-refractivity contribution < 1.29 is 0 Å². The van der Waals surface area contributed by atoms with E-state index in [1.54, 1.807) is 0 Å². The molecule has 0 aromatic carbocycles. The summed E-state index contributed by atoms with van der Waals surface area (Å²) in [5.41, 5.74) is 0. The van der Waals surface area contributed by atoms with Crippen LogP contribution < -0.4 is 0 Å². The summed E-state index contributed by atoms with van der Waals surface area (Å²) in [5.74, 6) is 1.81. The van der Waals surface area contributed by atoms with Crippen molar-refractivity contribution in [3.05, 3.63) is 0 Å². The van der Waals surface area contributed by atoms with Crippen molar-refractivity contribution in [2.24, 2.45) is 11.8 Å². The number of rotatable bonds is 0. The summed E-state index contributed by atoms with van der Waals surface area (Å²) in [7, 11) is 0. The Morgan fingerprint density at radius 2 is 1.33 bits per heavy atom. The third-order valence-electron chi connectivity index (χ3n) is 2.83. The van der Waals surface area contributed by atoms with E-state index in [0.717, 1.165) is 11.8 Å². The van der Waals surface area contributed by atoms with Gasteiger partial charge >= 0.3 is 0 Å². The van der Waals surface area contributed by atoms with Gasteiger partial charge in [0, 0.05) is 10.5 Å². The van der Waals surface area contributed by atoms with Gasteiger partial charge in [0.2, 0.25) is 0 Å². The summed E-state index contributed by atoms with van der Waals surface area (Å²) in [4.78, 5) is 0. The van der Waals surface area contributed by atoms with Crippen LogP contribution in [0, 0.1) is 11.8 Å². The third-order valence-corrected chi connectivity index (χ3v) is 4.55. The van der Waals surface area contributed by atoms with Crippen LogP contribution in [0.3, 0.4) is 0 Å². The lowest BCUT2D eigenvalue weighted by Gasteiger charge is -2.22. The molecule has 0 nitrogen and oxygen atoms in total. The van der Waals surface area contributed by atoms with E-state index in [9.17, 15) is 0 Å². The van der Waals surface area contributed by atoms with Gasteiger partial charge in [-0.3, -0.25) is 0 Å². The molecule has 0 unspecified atom stereocenters. The number of fused-ring (bicyclic) bond motifs is 2. The first-order valence-electron chi connectivity index (χ1n) is 3.65. The van der Waals surface area contributed by atoms with E-state index in [1.165, 1.54) is 19.3 Å². The smallest absolute Gasteiger partial charge is 0.0164 e. The second-order valence-electron chi connectivity index (χ2n) is 3.31. The Labute approximate surface area is 67.2 Å². The Hall–Kier alpha value is 0.700. The van der Waals surface area contributed by atoms with Gasteiger partial charge in [-0.1, -0.05) is 0 Å². The van der Waals surface area contributed by atoms with E-state index in [1.807, 2.05) is 0 Å². The fourth-order valence-electron chi connectivity index (χ4n) is 2.23. The van der Waals surface area contributed by atoms with E-state index in [0.29, 0.717) is 10.5 Å². The SMILES string of the molecule is S[C@@H]1[C@H]2CC[C@H](C2)[C@@H]1S. The standard InChI is InChI=1S/C7H12S2/c8-6-4-1-2-5(3-4)7(6)9/h4-9H,1-3H2/t4-,5+,6+,7-. The molecule has 0 heterocycles. The topological polar surface area (TPSA) is 0 Å². The molecule has 2 saturated carbocycles. The molecule has 4 atom stereocenters. The Balaban J connectivity index is 2.15. The van der Waals surface area contributed by atoms with Crippen LogP contribution in [0.5, 0.6) is 0 Å². The summed E-state index contributed by atoms with van der Waals surface area (Å²) < 4.78 is 0. The second-order valence-corrected chi connectivity index (χ2v) is 4.51. The van der Waals surface area contributed by atoms with Gasteiger partial charge in [0.15, 0.2) is 0 Å². The molecule has 2 aliphatic carbocycles. The Kier molecular flexibility index (Phi) is 1.49. The van der Waals surface area contributed by atoms with Crippen LogP contribution in [0.25, 0.3) is 0 Å². The summed E-state index contributed by atoms with van der Waals surface area (Å²) >= 11 is 9.03. The minimum atomic E-state index is 0.604. The molecule has 9 heavy (non-hydrogen) atoms. The van der Waals surface area contributed by atoms with Crippen LogP contribution in [0.4, 0.5) is 0 Å². The Morgan fingerprint density at radius 3 is 1.56 bits per heavy atom. The van der Waals surface area contributed by atoms with Crippen molar-refractivity contribution in [3.8, 4) is 0 Å². The molecule has 0 amide bonds. The lowest BCUT2D eigenvalue weighted by molar-refractivity contribution is 0.508. The zero-order chi connectivity index (χ0) is 6.43.